The van der Waals surface area contributed by atoms with E-state index in [1.165, 1.54) is 3.57 Å². The molecule has 0 radical (unpaired) electrons. The molecular weight excluding hydrogens is 509 g/mol. The van der Waals surface area contributed by atoms with Crippen molar-refractivity contribution in [2.24, 2.45) is 5.10 Å². The molecular formula is C21H22IN7O2. The normalized spacial score (nSPS) is 13.9. The Morgan fingerprint density at radius 3 is 2.42 bits per heavy atom. The summed E-state index contributed by atoms with van der Waals surface area (Å²) in [6.07, 6.45) is 1.73. The fraction of sp³-hybridized carbons (Fsp3) is 0.238. The molecule has 10 heteroatoms. The number of nitrogens with one attached hydrogen (secondary N) is 2. The van der Waals surface area contributed by atoms with Crippen molar-refractivity contribution in [3.63, 3.8) is 0 Å². The molecule has 9 nitrogen and oxygen atoms in total. The van der Waals surface area contributed by atoms with Crippen molar-refractivity contribution in [1.29, 1.82) is 0 Å². The van der Waals surface area contributed by atoms with Crippen LogP contribution < -0.4 is 20.4 Å². The summed E-state index contributed by atoms with van der Waals surface area (Å²) >= 11 is 2.27. The maximum atomic E-state index is 5.44. The third-order valence-electron chi connectivity index (χ3n) is 4.51. The lowest BCUT2D eigenvalue weighted by molar-refractivity contribution is 0.122. The Balaban J connectivity index is 1.55. The van der Waals surface area contributed by atoms with Crippen LogP contribution in [0, 0.1) is 3.57 Å². The highest BCUT2D eigenvalue weighted by molar-refractivity contribution is 14.1. The molecule has 0 spiro atoms. The van der Waals surface area contributed by atoms with E-state index in [1.54, 1.807) is 13.3 Å². The molecule has 2 heterocycles. The van der Waals surface area contributed by atoms with E-state index >= 15 is 0 Å². The topological polar surface area (TPSA) is 96.8 Å². The highest BCUT2D eigenvalue weighted by Gasteiger charge is 2.16. The molecule has 1 saturated heterocycles. The van der Waals surface area contributed by atoms with Gasteiger partial charge in [-0.1, -0.05) is 12.1 Å². The number of anilines is 4. The highest BCUT2D eigenvalue weighted by Crippen LogP contribution is 2.21. The zero-order valence-corrected chi connectivity index (χ0v) is 19.1. The summed E-state index contributed by atoms with van der Waals surface area (Å²) in [5.41, 5.74) is 4.74. The Morgan fingerprint density at radius 2 is 1.71 bits per heavy atom. The Hall–Kier alpha value is -2.99. The van der Waals surface area contributed by atoms with E-state index in [9.17, 15) is 0 Å². The van der Waals surface area contributed by atoms with Crippen LogP contribution in [0.4, 0.5) is 23.5 Å². The molecule has 0 unspecified atom stereocenters. The molecule has 0 amide bonds. The number of ether oxygens (including phenoxy) is 2. The second-order valence-electron chi connectivity index (χ2n) is 6.66. The fourth-order valence-electron chi connectivity index (χ4n) is 2.89. The summed E-state index contributed by atoms with van der Waals surface area (Å²) in [4.78, 5) is 15.6. The lowest BCUT2D eigenvalue weighted by atomic mass is 10.2. The van der Waals surface area contributed by atoms with Gasteiger partial charge in [-0.05, 0) is 64.6 Å². The summed E-state index contributed by atoms with van der Waals surface area (Å²) in [5, 5.41) is 7.50. The van der Waals surface area contributed by atoms with Gasteiger partial charge in [0.15, 0.2) is 0 Å². The average Bonchev–Trinajstić information content (AvgIpc) is 2.81. The van der Waals surface area contributed by atoms with Gasteiger partial charge in [0.1, 0.15) is 5.75 Å². The minimum Gasteiger partial charge on any atom is -0.497 e. The van der Waals surface area contributed by atoms with Crippen molar-refractivity contribution in [2.75, 3.05) is 49.1 Å². The summed E-state index contributed by atoms with van der Waals surface area (Å²) in [6, 6.07) is 15.6. The van der Waals surface area contributed by atoms with Crippen molar-refractivity contribution in [3.8, 4) is 5.75 Å². The van der Waals surface area contributed by atoms with E-state index in [0.717, 1.165) is 30.1 Å². The Labute approximate surface area is 194 Å². The molecule has 1 aliphatic heterocycles. The standard InChI is InChI=1S/C21H22IN7O2/c1-30-18-8-6-17(7-9-18)24-19-25-20(27-21(26-19)29-10-12-31-13-11-29)28-23-14-15-2-4-16(22)5-3-15/h2-9,14H,10-13H2,1H3,(H2,24,25,26,27,28)/b23-14+. The van der Waals surface area contributed by atoms with Gasteiger partial charge >= 0.3 is 0 Å². The number of halogens is 1. The van der Waals surface area contributed by atoms with Crippen LogP contribution in [0.15, 0.2) is 53.6 Å². The molecule has 0 saturated carbocycles. The molecule has 1 aromatic heterocycles. The van der Waals surface area contributed by atoms with Crippen LogP contribution in [0.3, 0.4) is 0 Å². The van der Waals surface area contributed by atoms with Gasteiger partial charge in [-0.3, -0.25) is 0 Å². The SMILES string of the molecule is COc1ccc(Nc2nc(N/N=C/c3ccc(I)cc3)nc(N3CCOCC3)n2)cc1. The molecule has 0 bridgehead atoms. The van der Waals surface area contributed by atoms with Gasteiger partial charge in [0.25, 0.3) is 0 Å². The molecule has 2 N–H and O–H groups in total. The highest BCUT2D eigenvalue weighted by atomic mass is 127. The number of nitrogens with zero attached hydrogens (tertiary/aromatic N) is 5. The van der Waals surface area contributed by atoms with Gasteiger partial charge in [-0.15, -0.1) is 0 Å². The molecule has 0 atom stereocenters. The van der Waals surface area contributed by atoms with Crippen LogP contribution in [-0.2, 0) is 4.74 Å². The molecule has 2 aromatic carbocycles. The Morgan fingerprint density at radius 1 is 1.00 bits per heavy atom. The predicted molar refractivity (Wildman–Crippen MR) is 130 cm³/mol. The van der Waals surface area contributed by atoms with Crippen molar-refractivity contribution >= 4 is 52.3 Å². The first-order valence-electron chi connectivity index (χ1n) is 9.74. The van der Waals surface area contributed by atoms with E-state index in [-0.39, 0.29) is 0 Å². The smallest absolute Gasteiger partial charge is 0.250 e. The second-order valence-corrected chi connectivity index (χ2v) is 7.90. The second kappa shape index (κ2) is 10.4. The van der Waals surface area contributed by atoms with Crippen LogP contribution in [0.5, 0.6) is 5.75 Å². The van der Waals surface area contributed by atoms with E-state index < -0.39 is 0 Å². The maximum absolute atomic E-state index is 5.44. The van der Waals surface area contributed by atoms with Crippen LogP contribution in [0.1, 0.15) is 5.56 Å². The third-order valence-corrected chi connectivity index (χ3v) is 5.23. The number of aromatic nitrogens is 3. The number of hydrogen-bond acceptors (Lipinski definition) is 9. The van der Waals surface area contributed by atoms with Gasteiger partial charge in [-0.2, -0.15) is 20.1 Å². The number of rotatable bonds is 7. The lowest BCUT2D eigenvalue weighted by Gasteiger charge is -2.27. The minimum atomic E-state index is 0.356. The van der Waals surface area contributed by atoms with Crippen LogP contribution >= 0.6 is 22.6 Å². The number of benzene rings is 2. The van der Waals surface area contributed by atoms with Gasteiger partial charge < -0.3 is 19.7 Å². The number of hydrogen-bond donors (Lipinski definition) is 2. The van der Waals surface area contributed by atoms with E-state index in [2.05, 4.69) is 58.3 Å². The van der Waals surface area contributed by atoms with Crippen LogP contribution in [-0.4, -0.2) is 54.6 Å². The van der Waals surface area contributed by atoms with Gasteiger partial charge in [0, 0.05) is 22.3 Å². The predicted octanol–water partition coefficient (Wildman–Crippen LogP) is 3.51. The van der Waals surface area contributed by atoms with Crippen LogP contribution in [0.25, 0.3) is 0 Å². The summed E-state index contributed by atoms with van der Waals surface area (Å²) < 4.78 is 11.8. The van der Waals surface area contributed by atoms with Gasteiger partial charge in [0.2, 0.25) is 17.8 Å². The molecule has 0 aliphatic carbocycles. The summed E-state index contributed by atoms with van der Waals surface area (Å²) in [5.74, 6) is 2.13. The number of morpholine rings is 1. The average molecular weight is 531 g/mol. The molecule has 160 valence electrons. The first-order valence-corrected chi connectivity index (χ1v) is 10.8. The van der Waals surface area contributed by atoms with Crippen LogP contribution in [0.2, 0.25) is 0 Å². The van der Waals surface area contributed by atoms with Gasteiger partial charge in [-0.25, -0.2) is 5.43 Å². The van der Waals surface area contributed by atoms with Crippen molar-refractivity contribution < 1.29 is 9.47 Å². The number of methoxy groups -OCH3 is 1. The number of hydrazone groups is 1. The summed E-state index contributed by atoms with van der Waals surface area (Å²) in [6.45, 7) is 2.72. The first kappa shape index (κ1) is 21.2. The van der Waals surface area contributed by atoms with Crippen molar-refractivity contribution in [2.45, 2.75) is 0 Å². The fourth-order valence-corrected chi connectivity index (χ4v) is 3.25. The molecule has 31 heavy (non-hydrogen) atoms. The van der Waals surface area contributed by atoms with E-state index in [4.69, 9.17) is 9.47 Å². The largest absolute Gasteiger partial charge is 0.497 e. The maximum Gasteiger partial charge on any atom is 0.250 e. The molecule has 4 rings (SSSR count). The quantitative estimate of drug-likeness (QED) is 0.272. The molecule has 3 aromatic rings. The Bertz CT molecular complexity index is 1020. The molecule has 1 aliphatic rings. The summed E-state index contributed by atoms with van der Waals surface area (Å²) in [7, 11) is 1.64. The third kappa shape index (κ3) is 6.01. The van der Waals surface area contributed by atoms with Crippen molar-refractivity contribution in [1.82, 2.24) is 15.0 Å². The zero-order chi connectivity index (χ0) is 21.5. The Kier molecular flexibility index (Phi) is 7.10. The lowest BCUT2D eigenvalue weighted by Crippen LogP contribution is -2.37. The molecule has 1 fully saturated rings. The minimum absolute atomic E-state index is 0.356. The van der Waals surface area contributed by atoms with Gasteiger partial charge in [0.05, 0.1) is 26.5 Å². The first-order chi connectivity index (χ1) is 15.2. The monoisotopic (exact) mass is 531 g/mol. The van der Waals surface area contributed by atoms with Crippen molar-refractivity contribution in [3.05, 3.63) is 57.7 Å². The van der Waals surface area contributed by atoms with E-state index in [0.29, 0.717) is 31.1 Å². The van der Waals surface area contributed by atoms with E-state index in [1.807, 2.05) is 48.5 Å². The zero-order valence-electron chi connectivity index (χ0n) is 17.0.